The first-order valence-corrected chi connectivity index (χ1v) is 8.57. The molecular formula is C19H13F3N4O3. The number of para-hydroxylation sites is 1. The second kappa shape index (κ2) is 6.73. The Morgan fingerprint density at radius 3 is 2.52 bits per heavy atom. The highest BCUT2D eigenvalue weighted by Crippen LogP contribution is 2.37. The maximum atomic E-state index is 13.8. The van der Waals surface area contributed by atoms with Gasteiger partial charge in [-0.05, 0) is 24.1 Å². The van der Waals surface area contributed by atoms with Crippen LogP contribution in [0.5, 0.6) is 0 Å². The quantitative estimate of drug-likeness (QED) is 0.490. The Kier molecular flexibility index (Phi) is 4.33. The number of carbonyl (C=O) groups excluding carboxylic acids is 1. The Balaban J connectivity index is 1.80. The van der Waals surface area contributed by atoms with Crippen LogP contribution in [0.2, 0.25) is 0 Å². The van der Waals surface area contributed by atoms with Crippen molar-refractivity contribution in [2.45, 2.75) is 12.6 Å². The smallest absolute Gasteiger partial charge is 0.307 e. The number of hydrogen-bond acceptors (Lipinski definition) is 4. The minimum Gasteiger partial charge on any atom is -0.307 e. The number of nitro groups is 1. The van der Waals surface area contributed by atoms with Crippen molar-refractivity contribution < 1.29 is 22.9 Å². The van der Waals surface area contributed by atoms with Gasteiger partial charge in [0.2, 0.25) is 0 Å². The molecule has 10 heteroatoms. The van der Waals surface area contributed by atoms with Gasteiger partial charge >= 0.3 is 6.18 Å². The van der Waals surface area contributed by atoms with E-state index in [0.717, 1.165) is 11.1 Å². The van der Waals surface area contributed by atoms with E-state index in [0.29, 0.717) is 16.7 Å². The van der Waals surface area contributed by atoms with E-state index in [1.54, 1.807) is 18.2 Å². The molecule has 0 atom stereocenters. The first-order valence-electron chi connectivity index (χ1n) is 8.57. The summed E-state index contributed by atoms with van der Waals surface area (Å²) in [4.78, 5) is 24.6. The number of non-ortho nitro benzene ring substituents is 1. The summed E-state index contributed by atoms with van der Waals surface area (Å²) in [6.07, 6.45) is -3.55. The molecule has 0 N–H and O–H groups in total. The van der Waals surface area contributed by atoms with Crippen LogP contribution in [-0.2, 0) is 12.6 Å². The Morgan fingerprint density at radius 1 is 1.14 bits per heavy atom. The van der Waals surface area contributed by atoms with Gasteiger partial charge in [-0.25, -0.2) is 4.68 Å². The van der Waals surface area contributed by atoms with Crippen LogP contribution >= 0.6 is 0 Å². The number of halogens is 3. The molecule has 29 heavy (non-hydrogen) atoms. The third kappa shape index (κ3) is 3.22. The highest BCUT2D eigenvalue weighted by Gasteiger charge is 2.42. The highest BCUT2D eigenvalue weighted by atomic mass is 19.4. The van der Waals surface area contributed by atoms with Crippen molar-refractivity contribution in [2.75, 3.05) is 11.4 Å². The van der Waals surface area contributed by atoms with E-state index in [1.165, 1.54) is 30.3 Å². The number of alkyl halides is 3. The maximum absolute atomic E-state index is 13.8. The van der Waals surface area contributed by atoms with Gasteiger partial charge in [0.25, 0.3) is 11.6 Å². The van der Waals surface area contributed by atoms with Gasteiger partial charge < -0.3 is 4.90 Å². The van der Waals surface area contributed by atoms with E-state index in [9.17, 15) is 28.1 Å². The van der Waals surface area contributed by atoms with Gasteiger partial charge in [0.1, 0.15) is 0 Å². The number of rotatable bonds is 3. The summed E-state index contributed by atoms with van der Waals surface area (Å²) in [5.41, 5.74) is -0.971. The summed E-state index contributed by atoms with van der Waals surface area (Å²) < 4.78 is 42.1. The van der Waals surface area contributed by atoms with Crippen LogP contribution in [0, 0.1) is 10.1 Å². The van der Waals surface area contributed by atoms with Crippen molar-refractivity contribution in [1.29, 1.82) is 0 Å². The Hall–Kier alpha value is -3.69. The van der Waals surface area contributed by atoms with Crippen LogP contribution in [0.25, 0.3) is 5.69 Å². The number of nitro benzene ring substituents is 1. The van der Waals surface area contributed by atoms with E-state index < -0.39 is 28.3 Å². The van der Waals surface area contributed by atoms with Crippen molar-refractivity contribution in [3.63, 3.8) is 0 Å². The van der Waals surface area contributed by atoms with Gasteiger partial charge in [0, 0.05) is 18.7 Å². The summed E-state index contributed by atoms with van der Waals surface area (Å²) >= 11 is 0. The summed E-state index contributed by atoms with van der Waals surface area (Å²) in [5, 5.41) is 14.8. The average Bonchev–Trinajstić information content (AvgIpc) is 3.32. The molecule has 148 valence electrons. The zero-order valence-electron chi connectivity index (χ0n) is 14.8. The number of fused-ring (bicyclic) bond motifs is 1. The predicted molar refractivity (Wildman–Crippen MR) is 97.0 cm³/mol. The molecule has 2 aromatic carbocycles. The molecule has 7 nitrogen and oxygen atoms in total. The summed E-state index contributed by atoms with van der Waals surface area (Å²) in [6.45, 7) is 0.128. The standard InChI is InChI=1S/C19H13F3N4O3/c20-19(21,22)17-15(11-23-25(17)13-4-2-1-3-5-13)18(27)24-9-8-12-6-7-14(26(28)29)10-16(12)24/h1-7,10-11H,8-9H2. The number of hydrogen-bond donors (Lipinski definition) is 0. The minimum atomic E-state index is -4.83. The van der Waals surface area contributed by atoms with Gasteiger partial charge in [-0.1, -0.05) is 24.3 Å². The van der Waals surface area contributed by atoms with E-state index in [-0.39, 0.29) is 23.6 Å². The molecule has 3 aromatic rings. The molecule has 0 spiro atoms. The molecule has 0 radical (unpaired) electrons. The molecule has 1 aromatic heterocycles. The van der Waals surface area contributed by atoms with Gasteiger partial charge in [0.15, 0.2) is 5.69 Å². The van der Waals surface area contributed by atoms with Crippen LogP contribution < -0.4 is 4.90 Å². The zero-order chi connectivity index (χ0) is 20.8. The second-order valence-corrected chi connectivity index (χ2v) is 6.43. The van der Waals surface area contributed by atoms with Gasteiger partial charge in [-0.15, -0.1) is 0 Å². The fourth-order valence-corrected chi connectivity index (χ4v) is 3.38. The van der Waals surface area contributed by atoms with Crippen LogP contribution in [0.1, 0.15) is 21.6 Å². The monoisotopic (exact) mass is 402 g/mol. The van der Waals surface area contributed by atoms with Crippen molar-refractivity contribution >= 4 is 17.3 Å². The minimum absolute atomic E-state index is 0.128. The first kappa shape index (κ1) is 18.7. The van der Waals surface area contributed by atoms with Crippen LogP contribution in [0.3, 0.4) is 0 Å². The summed E-state index contributed by atoms with van der Waals surface area (Å²) in [7, 11) is 0. The summed E-state index contributed by atoms with van der Waals surface area (Å²) in [5.74, 6) is -0.904. The number of aromatic nitrogens is 2. The zero-order valence-corrected chi connectivity index (χ0v) is 14.8. The molecular weight excluding hydrogens is 389 g/mol. The largest absolute Gasteiger partial charge is 0.434 e. The van der Waals surface area contributed by atoms with Gasteiger partial charge in [-0.3, -0.25) is 14.9 Å². The van der Waals surface area contributed by atoms with Crippen molar-refractivity contribution in [2.24, 2.45) is 0 Å². The SMILES string of the molecule is O=C(c1cnn(-c2ccccc2)c1C(F)(F)F)N1CCc2ccc([N+](=O)[O-])cc21. The van der Waals surface area contributed by atoms with E-state index in [1.807, 2.05) is 0 Å². The lowest BCUT2D eigenvalue weighted by Crippen LogP contribution is -2.31. The van der Waals surface area contributed by atoms with Crippen LogP contribution in [0.15, 0.2) is 54.7 Å². The van der Waals surface area contributed by atoms with E-state index in [2.05, 4.69) is 5.10 Å². The Bertz CT molecular complexity index is 1110. The molecule has 2 heterocycles. The highest BCUT2D eigenvalue weighted by molar-refractivity contribution is 6.08. The summed E-state index contributed by atoms with van der Waals surface area (Å²) in [6, 6.07) is 11.7. The molecule has 0 bridgehead atoms. The van der Waals surface area contributed by atoms with Crippen molar-refractivity contribution in [3.8, 4) is 5.69 Å². The Morgan fingerprint density at radius 2 is 1.86 bits per heavy atom. The lowest BCUT2D eigenvalue weighted by Gasteiger charge is -2.18. The fourth-order valence-electron chi connectivity index (χ4n) is 3.38. The van der Waals surface area contributed by atoms with Gasteiger partial charge in [-0.2, -0.15) is 18.3 Å². The molecule has 0 saturated heterocycles. The van der Waals surface area contributed by atoms with E-state index in [4.69, 9.17) is 0 Å². The molecule has 4 rings (SSSR count). The normalized spacial score (nSPS) is 13.4. The van der Waals surface area contributed by atoms with Crippen LogP contribution in [-0.4, -0.2) is 27.2 Å². The number of nitrogens with zero attached hydrogens (tertiary/aromatic N) is 4. The molecule has 0 unspecified atom stereocenters. The molecule has 1 aliphatic heterocycles. The molecule has 1 aliphatic rings. The van der Waals surface area contributed by atoms with Crippen molar-refractivity contribution in [1.82, 2.24) is 9.78 Å². The first-order chi connectivity index (χ1) is 13.8. The molecule has 0 aliphatic carbocycles. The molecule has 0 fully saturated rings. The molecule has 0 saturated carbocycles. The third-order valence-corrected chi connectivity index (χ3v) is 4.69. The topological polar surface area (TPSA) is 81.3 Å². The Labute approximate surface area is 162 Å². The lowest BCUT2D eigenvalue weighted by atomic mass is 10.1. The number of amides is 1. The maximum Gasteiger partial charge on any atom is 0.434 e. The van der Waals surface area contributed by atoms with Crippen molar-refractivity contribution in [3.05, 3.63) is 81.7 Å². The predicted octanol–water partition coefficient (Wildman–Crippen LogP) is 4.00. The van der Waals surface area contributed by atoms with Gasteiger partial charge in [0.05, 0.1) is 28.1 Å². The average molecular weight is 402 g/mol. The molecule has 1 amide bonds. The number of anilines is 1. The second-order valence-electron chi connectivity index (χ2n) is 6.43. The number of benzene rings is 2. The van der Waals surface area contributed by atoms with E-state index >= 15 is 0 Å². The fraction of sp³-hybridized carbons (Fsp3) is 0.158. The lowest BCUT2D eigenvalue weighted by molar-refractivity contribution is -0.384. The third-order valence-electron chi connectivity index (χ3n) is 4.69. The van der Waals surface area contributed by atoms with Crippen LogP contribution in [0.4, 0.5) is 24.5 Å². The number of carbonyl (C=O) groups is 1.